The summed E-state index contributed by atoms with van der Waals surface area (Å²) in [5, 5.41) is 20.7. The Morgan fingerprint density at radius 2 is 1.92 bits per heavy atom. The molecule has 2 aliphatic carbocycles. The fraction of sp³-hybridized carbons (Fsp3) is 0.941. The van der Waals surface area contributed by atoms with E-state index in [4.69, 9.17) is 0 Å². The van der Waals surface area contributed by atoms with Gasteiger partial charge in [0.2, 0.25) is 0 Å². The number of hydrogen-bond donors (Lipinski definition) is 1. The molecule has 3 aliphatic rings. The summed E-state index contributed by atoms with van der Waals surface area (Å²) in [6, 6.07) is 0.622. The molecule has 24 heavy (non-hydrogen) atoms. The molecule has 1 aliphatic heterocycles. The van der Waals surface area contributed by atoms with Gasteiger partial charge in [-0.3, -0.25) is 19.8 Å². The third-order valence-corrected chi connectivity index (χ3v) is 7.98. The summed E-state index contributed by atoms with van der Waals surface area (Å²) in [5.74, 6) is 0.154. The van der Waals surface area contributed by atoms with E-state index in [1.165, 1.54) is 25.7 Å². The van der Waals surface area contributed by atoms with Gasteiger partial charge in [-0.1, -0.05) is 35.4 Å². The van der Waals surface area contributed by atoms with Crippen molar-refractivity contribution in [2.45, 2.75) is 80.1 Å². The number of rotatable bonds is 4. The summed E-state index contributed by atoms with van der Waals surface area (Å²) in [6.45, 7) is 2.68. The van der Waals surface area contributed by atoms with Crippen molar-refractivity contribution in [2.75, 3.05) is 13.6 Å². The maximum absolute atomic E-state index is 12.9. The van der Waals surface area contributed by atoms with Crippen LogP contribution in [0, 0.1) is 11.1 Å². The fourth-order valence-electron chi connectivity index (χ4n) is 4.93. The van der Waals surface area contributed by atoms with Gasteiger partial charge in [0.1, 0.15) is 5.78 Å². The molecule has 7 heteroatoms. The number of ketones is 1. The minimum Gasteiger partial charge on any atom is -0.762 e. The van der Waals surface area contributed by atoms with Crippen molar-refractivity contribution in [3.05, 3.63) is 5.21 Å². The molecule has 0 aromatic rings. The third kappa shape index (κ3) is 3.66. The quantitative estimate of drug-likeness (QED) is 0.404. The number of carbonyl (C=O) groups excluding carboxylic acids is 1. The molecule has 1 saturated heterocycles. The van der Waals surface area contributed by atoms with Gasteiger partial charge in [0.05, 0.1) is 12.7 Å². The number of Topliss-reactive ketones (excluding diaryl/α,β-unsaturated/α-hetero) is 1. The molecule has 3 rings (SSSR count). The van der Waals surface area contributed by atoms with Gasteiger partial charge in [-0.15, -0.1) is 0 Å². The molecule has 6 unspecified atom stereocenters. The Morgan fingerprint density at radius 1 is 1.25 bits per heavy atom. The normalized spacial score (nSPS) is 41.6. The molecule has 3 fully saturated rings. The van der Waals surface area contributed by atoms with Crippen molar-refractivity contribution >= 4 is 28.4 Å². The predicted octanol–water partition coefficient (Wildman–Crippen LogP) is 2.62. The van der Waals surface area contributed by atoms with Crippen LogP contribution in [0.4, 0.5) is 0 Å². The first-order valence-corrected chi connectivity index (χ1v) is 10.4. The second-order valence-corrected chi connectivity index (χ2v) is 9.35. The lowest BCUT2D eigenvalue weighted by atomic mass is 9.82. The van der Waals surface area contributed by atoms with Crippen LogP contribution in [0.25, 0.3) is 0 Å². The zero-order valence-electron chi connectivity index (χ0n) is 14.6. The van der Waals surface area contributed by atoms with Gasteiger partial charge in [0.15, 0.2) is 0 Å². The van der Waals surface area contributed by atoms with Crippen LogP contribution < -0.4 is 0 Å². The highest BCUT2D eigenvalue weighted by molar-refractivity contribution is 14.1. The lowest BCUT2D eigenvalue weighted by Crippen LogP contribution is -2.47. The van der Waals surface area contributed by atoms with Crippen LogP contribution in [0.5, 0.6) is 0 Å². The highest BCUT2D eigenvalue weighted by Crippen LogP contribution is 2.37. The standard InChI is InChI=1S/C17H29IN3O3/c1-11-19(2)14-5-3-4-6-15(14)20(11)10-17(22)12-7-8-13(18)16(9-12)21(23)24/h11-16,23H,3-10H2,1-2H3/q-1. The number of fused-ring (bicyclic) bond motifs is 1. The SMILES string of the molecule is CC1N(C)C2CCCCC2N1CC(=O)C1CCC(I)C(N([O-])O)C1. The monoisotopic (exact) mass is 450 g/mol. The summed E-state index contributed by atoms with van der Waals surface area (Å²) in [7, 11) is 2.18. The number of nitrogens with zero attached hydrogens (tertiary/aromatic N) is 3. The Balaban J connectivity index is 1.64. The van der Waals surface area contributed by atoms with Gasteiger partial charge in [-0.2, -0.15) is 0 Å². The first-order chi connectivity index (χ1) is 11.4. The van der Waals surface area contributed by atoms with E-state index in [0.29, 0.717) is 31.2 Å². The first kappa shape index (κ1) is 19.0. The molecule has 138 valence electrons. The number of hydroxylamine groups is 2. The van der Waals surface area contributed by atoms with E-state index in [1.807, 2.05) is 0 Å². The molecule has 0 spiro atoms. The largest absolute Gasteiger partial charge is 0.762 e. The lowest BCUT2D eigenvalue weighted by Gasteiger charge is -2.40. The lowest BCUT2D eigenvalue weighted by molar-refractivity contribution is -0.130. The molecule has 0 aromatic carbocycles. The van der Waals surface area contributed by atoms with E-state index in [-0.39, 0.29) is 20.9 Å². The van der Waals surface area contributed by atoms with Crippen LogP contribution in [0.1, 0.15) is 51.9 Å². The number of halogens is 1. The molecular weight excluding hydrogens is 421 g/mol. The third-order valence-electron chi connectivity index (χ3n) is 6.52. The molecule has 6 nitrogen and oxygen atoms in total. The number of likely N-dealkylation sites (N-methyl/N-ethyl adjacent to an activating group) is 1. The van der Waals surface area contributed by atoms with Crippen molar-refractivity contribution in [1.29, 1.82) is 0 Å². The summed E-state index contributed by atoms with van der Waals surface area (Å²) in [6.07, 6.45) is 7.40. The van der Waals surface area contributed by atoms with Crippen LogP contribution in [0.15, 0.2) is 0 Å². The molecule has 0 amide bonds. The first-order valence-electron chi connectivity index (χ1n) is 9.20. The zero-order valence-corrected chi connectivity index (χ0v) is 16.8. The summed E-state index contributed by atoms with van der Waals surface area (Å²) in [4.78, 5) is 17.7. The number of alkyl halides is 1. The Labute approximate surface area is 158 Å². The zero-order chi connectivity index (χ0) is 17.4. The maximum Gasteiger partial charge on any atom is 0.150 e. The average Bonchev–Trinajstić information content (AvgIpc) is 2.80. The average molecular weight is 450 g/mol. The fourth-order valence-corrected chi connectivity index (χ4v) is 5.86. The van der Waals surface area contributed by atoms with Gasteiger partial charge in [-0.25, -0.2) is 0 Å². The van der Waals surface area contributed by atoms with Gasteiger partial charge >= 0.3 is 0 Å². The van der Waals surface area contributed by atoms with Crippen molar-refractivity contribution in [3.8, 4) is 0 Å². The minimum absolute atomic E-state index is 0.0694. The van der Waals surface area contributed by atoms with E-state index in [1.54, 1.807) is 0 Å². The van der Waals surface area contributed by atoms with Gasteiger partial charge < -0.3 is 10.4 Å². The van der Waals surface area contributed by atoms with Crippen molar-refractivity contribution < 1.29 is 10.0 Å². The van der Waals surface area contributed by atoms with E-state index in [0.717, 1.165) is 12.8 Å². The van der Waals surface area contributed by atoms with Crippen LogP contribution >= 0.6 is 22.6 Å². The summed E-state index contributed by atoms with van der Waals surface area (Å²) in [5.41, 5.74) is 0. The van der Waals surface area contributed by atoms with Crippen LogP contribution in [0.2, 0.25) is 0 Å². The Kier molecular flexibility index (Phi) is 6.20. The topological polar surface area (TPSA) is 70.1 Å². The predicted molar refractivity (Wildman–Crippen MR) is 101 cm³/mol. The molecule has 1 heterocycles. The molecule has 6 atom stereocenters. The Hall–Kier alpha value is 0.200. The molecule has 0 aromatic heterocycles. The molecule has 0 bridgehead atoms. The van der Waals surface area contributed by atoms with Crippen molar-refractivity contribution in [2.24, 2.45) is 5.92 Å². The second kappa shape index (κ2) is 7.84. The molecule has 2 saturated carbocycles. The molecular formula is C17H29IN3O3-. The Bertz CT molecular complexity index is 464. The smallest absolute Gasteiger partial charge is 0.150 e. The Morgan fingerprint density at radius 3 is 2.58 bits per heavy atom. The van der Waals surface area contributed by atoms with Gasteiger partial charge in [0.25, 0.3) is 0 Å². The van der Waals surface area contributed by atoms with Gasteiger partial charge in [0, 0.05) is 28.0 Å². The number of hydrogen-bond acceptors (Lipinski definition) is 6. The van der Waals surface area contributed by atoms with E-state index in [9.17, 15) is 15.2 Å². The number of carbonyl (C=O) groups is 1. The minimum atomic E-state index is -0.450. The van der Waals surface area contributed by atoms with E-state index < -0.39 is 6.04 Å². The van der Waals surface area contributed by atoms with Crippen molar-refractivity contribution in [1.82, 2.24) is 15.0 Å². The maximum atomic E-state index is 12.9. The summed E-state index contributed by atoms with van der Waals surface area (Å²) < 4.78 is 0.119. The van der Waals surface area contributed by atoms with Crippen LogP contribution in [-0.2, 0) is 4.79 Å². The highest BCUT2D eigenvalue weighted by atomic mass is 127. The second-order valence-electron chi connectivity index (χ2n) is 7.75. The van der Waals surface area contributed by atoms with E-state index in [2.05, 4.69) is 46.4 Å². The van der Waals surface area contributed by atoms with Crippen molar-refractivity contribution in [3.63, 3.8) is 0 Å². The molecule has 1 N–H and O–H groups in total. The van der Waals surface area contributed by atoms with E-state index >= 15 is 0 Å². The highest BCUT2D eigenvalue weighted by Gasteiger charge is 2.45. The van der Waals surface area contributed by atoms with Crippen LogP contribution in [0.3, 0.4) is 0 Å². The summed E-state index contributed by atoms with van der Waals surface area (Å²) >= 11 is 2.22. The van der Waals surface area contributed by atoms with Gasteiger partial charge in [-0.05, 0) is 46.1 Å². The van der Waals surface area contributed by atoms with Crippen LogP contribution in [-0.4, -0.2) is 67.8 Å². The molecule has 0 radical (unpaired) electrons.